The number of thiophene rings is 2. The highest BCUT2D eigenvalue weighted by Gasteiger charge is 2.18. The van der Waals surface area contributed by atoms with Crippen LogP contribution in [0.3, 0.4) is 0 Å². The maximum Gasteiger partial charge on any atom is 0.0534 e. The third-order valence-electron chi connectivity index (χ3n) is 10.5. The number of para-hydroxylation sites is 4. The summed E-state index contributed by atoms with van der Waals surface area (Å²) in [5.41, 5.74) is 6.88. The van der Waals surface area contributed by atoms with Crippen LogP contribution in [0.25, 0.3) is 61.9 Å². The molecule has 0 unspecified atom stereocenters. The monoisotopic (exact) mass is 724 g/mol. The molecule has 0 radical (unpaired) electrons. The summed E-state index contributed by atoms with van der Waals surface area (Å²) in [6, 6.07) is 70.5. The van der Waals surface area contributed by atoms with Crippen molar-refractivity contribution >= 4 is 119 Å². The standard InChI is InChI=1S/C50H32N2S2/c1-5-13-37(14-6-1)51(38-15-7-2-8-16-38)41-23-21-33-29-45-43-25-26-44-46-30-34-22-24-42(52(39-17-9-3-10-18-39)40-19-11-4-12-20-40)28-36(34)32-48(46)54-50(44)49(43)53-47(45)31-35(33)27-41/h1-32H. The highest BCUT2D eigenvalue weighted by molar-refractivity contribution is 7.33. The van der Waals surface area contributed by atoms with Crippen molar-refractivity contribution in [1.82, 2.24) is 0 Å². The van der Waals surface area contributed by atoms with E-state index in [4.69, 9.17) is 0 Å². The number of hydrogen-bond donors (Lipinski definition) is 0. The Hall–Kier alpha value is -6.46. The Morgan fingerprint density at radius 2 is 0.611 bits per heavy atom. The van der Waals surface area contributed by atoms with E-state index >= 15 is 0 Å². The van der Waals surface area contributed by atoms with Gasteiger partial charge in [-0.05, 0) is 119 Å². The number of rotatable bonds is 6. The normalized spacial score (nSPS) is 11.7. The van der Waals surface area contributed by atoms with Crippen molar-refractivity contribution in [2.45, 2.75) is 0 Å². The first-order chi connectivity index (χ1) is 26.7. The van der Waals surface area contributed by atoms with Gasteiger partial charge in [-0.2, -0.15) is 0 Å². The summed E-state index contributed by atoms with van der Waals surface area (Å²) in [5, 5.41) is 10.3. The van der Waals surface area contributed by atoms with Crippen LogP contribution in [0.4, 0.5) is 34.1 Å². The van der Waals surface area contributed by atoms with Crippen molar-refractivity contribution in [3.05, 3.63) is 194 Å². The van der Waals surface area contributed by atoms with Gasteiger partial charge in [-0.3, -0.25) is 0 Å². The third-order valence-corrected chi connectivity index (χ3v) is 13.0. The first-order valence-corrected chi connectivity index (χ1v) is 19.9. The van der Waals surface area contributed by atoms with E-state index in [1.165, 1.54) is 61.9 Å². The van der Waals surface area contributed by atoms with Crippen LogP contribution in [-0.4, -0.2) is 0 Å². The molecule has 0 saturated heterocycles. The Kier molecular flexibility index (Phi) is 7.25. The molecule has 4 heteroatoms. The number of fused-ring (bicyclic) bond motifs is 9. The Labute approximate surface area is 321 Å². The molecule has 0 N–H and O–H groups in total. The van der Waals surface area contributed by atoms with E-state index in [0.29, 0.717) is 0 Å². The smallest absolute Gasteiger partial charge is 0.0534 e. The second-order valence-corrected chi connectivity index (χ2v) is 15.9. The van der Waals surface area contributed by atoms with Gasteiger partial charge in [-0.25, -0.2) is 0 Å². The van der Waals surface area contributed by atoms with Crippen LogP contribution in [0.15, 0.2) is 194 Å². The van der Waals surface area contributed by atoms with E-state index in [0.717, 1.165) is 34.1 Å². The summed E-state index contributed by atoms with van der Waals surface area (Å²) in [6.45, 7) is 0. The number of hydrogen-bond acceptors (Lipinski definition) is 4. The van der Waals surface area contributed by atoms with Crippen molar-refractivity contribution < 1.29 is 0 Å². The summed E-state index contributed by atoms with van der Waals surface area (Å²) < 4.78 is 5.39. The fourth-order valence-electron chi connectivity index (χ4n) is 8.01. The Balaban J connectivity index is 1.04. The van der Waals surface area contributed by atoms with Gasteiger partial charge in [0, 0.05) is 65.1 Å². The van der Waals surface area contributed by atoms with Crippen molar-refractivity contribution in [3.63, 3.8) is 0 Å². The van der Waals surface area contributed by atoms with E-state index in [9.17, 15) is 0 Å². The summed E-state index contributed by atoms with van der Waals surface area (Å²) in [4.78, 5) is 4.67. The van der Waals surface area contributed by atoms with Gasteiger partial charge >= 0.3 is 0 Å². The van der Waals surface area contributed by atoms with E-state index in [-0.39, 0.29) is 0 Å². The average molecular weight is 725 g/mol. The average Bonchev–Trinajstić information content (AvgIpc) is 3.78. The summed E-state index contributed by atoms with van der Waals surface area (Å²) >= 11 is 3.85. The van der Waals surface area contributed by atoms with Crippen LogP contribution in [0.2, 0.25) is 0 Å². The van der Waals surface area contributed by atoms with Gasteiger partial charge in [0.1, 0.15) is 0 Å². The lowest BCUT2D eigenvalue weighted by Crippen LogP contribution is -2.09. The van der Waals surface area contributed by atoms with Gasteiger partial charge in [0.05, 0.1) is 9.40 Å². The highest BCUT2D eigenvalue weighted by atomic mass is 32.1. The van der Waals surface area contributed by atoms with Gasteiger partial charge in [0.15, 0.2) is 0 Å². The van der Waals surface area contributed by atoms with Crippen molar-refractivity contribution in [3.8, 4) is 0 Å². The first kappa shape index (κ1) is 31.1. The highest BCUT2D eigenvalue weighted by Crippen LogP contribution is 2.47. The Morgan fingerprint density at radius 1 is 0.259 bits per heavy atom. The van der Waals surface area contributed by atoms with E-state index in [1.807, 2.05) is 22.7 Å². The van der Waals surface area contributed by atoms with Crippen molar-refractivity contribution in [2.75, 3.05) is 9.80 Å². The molecular formula is C50H32N2S2. The minimum Gasteiger partial charge on any atom is -0.310 e. The fourth-order valence-corrected chi connectivity index (χ4v) is 10.6. The van der Waals surface area contributed by atoms with Crippen LogP contribution in [-0.2, 0) is 0 Å². The topological polar surface area (TPSA) is 6.48 Å². The van der Waals surface area contributed by atoms with E-state index in [2.05, 4.69) is 204 Å². The predicted octanol–water partition coefficient (Wildman–Crippen LogP) is 15.7. The maximum absolute atomic E-state index is 2.40. The zero-order valence-electron chi connectivity index (χ0n) is 29.2. The molecule has 0 amide bonds. The van der Waals surface area contributed by atoms with Gasteiger partial charge in [0.25, 0.3) is 0 Å². The van der Waals surface area contributed by atoms with Crippen molar-refractivity contribution in [2.24, 2.45) is 0 Å². The van der Waals surface area contributed by atoms with Gasteiger partial charge in [-0.15, -0.1) is 22.7 Å². The Bertz CT molecular complexity index is 2860. The molecule has 54 heavy (non-hydrogen) atoms. The van der Waals surface area contributed by atoms with Gasteiger partial charge in [-0.1, -0.05) is 97.1 Å². The van der Waals surface area contributed by atoms with Gasteiger partial charge in [0.2, 0.25) is 0 Å². The Morgan fingerprint density at radius 3 is 0.963 bits per heavy atom. The molecule has 0 spiro atoms. The molecule has 2 aromatic heterocycles. The fraction of sp³-hybridized carbons (Fsp3) is 0. The minimum atomic E-state index is 1.15. The third kappa shape index (κ3) is 5.14. The van der Waals surface area contributed by atoms with Crippen LogP contribution in [0.1, 0.15) is 0 Å². The summed E-state index contributed by atoms with van der Waals surface area (Å²) in [6.07, 6.45) is 0. The quantitative estimate of drug-likeness (QED) is 0.168. The lowest BCUT2D eigenvalue weighted by molar-refractivity contribution is 1.29. The minimum absolute atomic E-state index is 1.15. The largest absolute Gasteiger partial charge is 0.310 e. The van der Waals surface area contributed by atoms with Crippen LogP contribution >= 0.6 is 22.7 Å². The second-order valence-electron chi connectivity index (χ2n) is 13.8. The zero-order valence-corrected chi connectivity index (χ0v) is 30.8. The SMILES string of the molecule is c1ccc(N(c2ccccc2)c2ccc3cc4c(cc3c2)sc2c4ccc3c4cc5ccc(N(c6ccccc6)c6ccccc6)cc5cc4sc32)cc1. The molecule has 0 atom stereocenters. The molecule has 0 bridgehead atoms. The van der Waals surface area contributed by atoms with Crippen LogP contribution in [0, 0.1) is 0 Å². The molecule has 11 rings (SSSR count). The van der Waals surface area contributed by atoms with Crippen molar-refractivity contribution in [1.29, 1.82) is 0 Å². The number of benzene rings is 9. The molecular weight excluding hydrogens is 693 g/mol. The summed E-state index contributed by atoms with van der Waals surface area (Å²) in [5.74, 6) is 0. The van der Waals surface area contributed by atoms with E-state index < -0.39 is 0 Å². The molecule has 254 valence electrons. The van der Waals surface area contributed by atoms with E-state index in [1.54, 1.807) is 0 Å². The maximum atomic E-state index is 2.40. The van der Waals surface area contributed by atoms with Gasteiger partial charge < -0.3 is 9.80 Å². The first-order valence-electron chi connectivity index (χ1n) is 18.2. The molecule has 0 aliphatic carbocycles. The van der Waals surface area contributed by atoms with Crippen LogP contribution in [0.5, 0.6) is 0 Å². The number of nitrogens with zero attached hydrogens (tertiary/aromatic N) is 2. The zero-order chi connectivity index (χ0) is 35.6. The summed E-state index contributed by atoms with van der Waals surface area (Å²) in [7, 11) is 0. The molecule has 11 aromatic rings. The predicted molar refractivity (Wildman–Crippen MR) is 237 cm³/mol. The lowest BCUT2D eigenvalue weighted by Gasteiger charge is -2.25. The molecule has 2 heterocycles. The molecule has 0 aliphatic heterocycles. The molecule has 0 aliphatic rings. The van der Waals surface area contributed by atoms with Crippen LogP contribution < -0.4 is 9.80 Å². The molecule has 0 fully saturated rings. The molecule has 9 aromatic carbocycles. The molecule has 0 saturated carbocycles. The molecule has 2 nitrogen and oxygen atoms in total. The number of anilines is 6. The second kappa shape index (κ2) is 12.6. The lowest BCUT2D eigenvalue weighted by atomic mass is 10.0.